The Morgan fingerprint density at radius 2 is 2.18 bits per heavy atom. The molecule has 5 heteroatoms. The normalized spacial score (nSPS) is 10.8. The van der Waals surface area contributed by atoms with Crippen LogP contribution in [-0.2, 0) is 11.2 Å². The van der Waals surface area contributed by atoms with E-state index in [0.717, 1.165) is 21.3 Å². The van der Waals surface area contributed by atoms with Gasteiger partial charge in [0.25, 0.3) is 5.91 Å². The van der Waals surface area contributed by atoms with Gasteiger partial charge in [0.1, 0.15) is 17.4 Å². The number of carbonyl (C=O) groups excluding carboxylic acids is 1. The van der Waals surface area contributed by atoms with Crippen molar-refractivity contribution in [1.29, 1.82) is 5.26 Å². The van der Waals surface area contributed by atoms with Gasteiger partial charge in [-0.25, -0.2) is 0 Å². The average Bonchev–Trinajstić information content (AvgIpc) is 2.47. The van der Waals surface area contributed by atoms with Crippen molar-refractivity contribution < 1.29 is 9.53 Å². The number of nitriles is 1. The SMILES string of the molecule is C=CCc1cc(/C=C(/C#N)C(=O)N(C)C)cc(Br)c1OCC. The van der Waals surface area contributed by atoms with E-state index in [1.54, 1.807) is 26.2 Å². The van der Waals surface area contributed by atoms with E-state index in [1.165, 1.54) is 4.90 Å². The zero-order chi connectivity index (χ0) is 16.7. The minimum absolute atomic E-state index is 0.0885. The van der Waals surface area contributed by atoms with Crippen molar-refractivity contribution in [3.63, 3.8) is 0 Å². The van der Waals surface area contributed by atoms with Gasteiger partial charge in [-0.15, -0.1) is 6.58 Å². The number of benzene rings is 1. The summed E-state index contributed by atoms with van der Waals surface area (Å²) in [6.07, 6.45) is 4.00. The number of nitrogens with zero attached hydrogens (tertiary/aromatic N) is 2. The number of halogens is 1. The van der Waals surface area contributed by atoms with Crippen LogP contribution in [0.5, 0.6) is 5.75 Å². The van der Waals surface area contributed by atoms with E-state index in [9.17, 15) is 4.79 Å². The molecule has 0 atom stereocenters. The summed E-state index contributed by atoms with van der Waals surface area (Å²) in [5.41, 5.74) is 1.80. The molecule has 0 bridgehead atoms. The molecule has 0 spiro atoms. The standard InChI is InChI=1S/C17H19BrN2O2/c1-5-7-13-8-12(10-15(18)16(13)22-6-2)9-14(11-19)17(21)20(3)4/h5,8-10H,1,6-7H2,2-4H3/b14-9-. The van der Waals surface area contributed by atoms with Gasteiger partial charge in [0, 0.05) is 14.1 Å². The lowest BCUT2D eigenvalue weighted by molar-refractivity contribution is -0.124. The van der Waals surface area contributed by atoms with Crippen LogP contribution < -0.4 is 4.74 Å². The van der Waals surface area contributed by atoms with E-state index in [0.29, 0.717) is 13.0 Å². The largest absolute Gasteiger partial charge is 0.492 e. The molecule has 0 aromatic heterocycles. The van der Waals surface area contributed by atoms with Gasteiger partial charge in [-0.2, -0.15) is 5.26 Å². The molecule has 1 aromatic rings. The van der Waals surface area contributed by atoms with Crippen molar-refractivity contribution >= 4 is 27.9 Å². The lowest BCUT2D eigenvalue weighted by atomic mass is 10.0. The number of hydrogen-bond donors (Lipinski definition) is 0. The Kier molecular flexibility index (Phi) is 6.87. The molecule has 0 aliphatic rings. The molecule has 116 valence electrons. The molecule has 0 saturated carbocycles. The van der Waals surface area contributed by atoms with Gasteiger partial charge in [0.05, 0.1) is 11.1 Å². The summed E-state index contributed by atoms with van der Waals surface area (Å²) < 4.78 is 6.42. The smallest absolute Gasteiger partial charge is 0.264 e. The summed E-state index contributed by atoms with van der Waals surface area (Å²) in [4.78, 5) is 13.3. The van der Waals surface area contributed by atoms with E-state index < -0.39 is 0 Å². The maximum absolute atomic E-state index is 11.9. The molecule has 4 nitrogen and oxygen atoms in total. The molecule has 22 heavy (non-hydrogen) atoms. The summed E-state index contributed by atoms with van der Waals surface area (Å²) in [7, 11) is 3.23. The van der Waals surface area contributed by atoms with Crippen LogP contribution in [0.1, 0.15) is 18.1 Å². The molecule has 0 N–H and O–H groups in total. The van der Waals surface area contributed by atoms with Crippen molar-refractivity contribution in [2.45, 2.75) is 13.3 Å². The molecule has 0 heterocycles. The van der Waals surface area contributed by atoms with Crippen molar-refractivity contribution in [2.75, 3.05) is 20.7 Å². The monoisotopic (exact) mass is 362 g/mol. The first-order chi connectivity index (χ1) is 10.4. The Labute approximate surface area is 139 Å². The van der Waals surface area contributed by atoms with Gasteiger partial charge in [-0.1, -0.05) is 6.08 Å². The van der Waals surface area contributed by atoms with Gasteiger partial charge in [0.2, 0.25) is 0 Å². The van der Waals surface area contributed by atoms with Crippen LogP contribution in [-0.4, -0.2) is 31.5 Å². The van der Waals surface area contributed by atoms with Crippen molar-refractivity contribution in [3.05, 3.63) is 46.0 Å². The first-order valence-corrected chi connectivity index (χ1v) is 7.63. The Hall–Kier alpha value is -2.06. The second kappa shape index (κ2) is 8.40. The van der Waals surface area contributed by atoms with Gasteiger partial charge < -0.3 is 9.64 Å². The molecule has 0 unspecified atom stereocenters. The highest BCUT2D eigenvalue weighted by Crippen LogP contribution is 2.32. The first-order valence-electron chi connectivity index (χ1n) is 6.84. The molecule has 0 aliphatic carbocycles. The number of likely N-dealkylation sites (N-methyl/N-ethyl adjacent to an activating group) is 1. The molecule has 1 aromatic carbocycles. The summed E-state index contributed by atoms with van der Waals surface area (Å²) in [5, 5.41) is 9.17. The highest BCUT2D eigenvalue weighted by molar-refractivity contribution is 9.10. The lowest BCUT2D eigenvalue weighted by Crippen LogP contribution is -2.22. The van der Waals surface area contributed by atoms with Crippen LogP contribution in [0.3, 0.4) is 0 Å². The maximum atomic E-state index is 11.9. The molecule has 0 radical (unpaired) electrons. The molecule has 1 amide bonds. The topological polar surface area (TPSA) is 53.3 Å². The summed E-state index contributed by atoms with van der Waals surface area (Å²) in [6, 6.07) is 5.68. The van der Waals surface area contributed by atoms with Gasteiger partial charge >= 0.3 is 0 Å². The second-order valence-electron chi connectivity index (χ2n) is 4.79. The Morgan fingerprint density at radius 1 is 1.50 bits per heavy atom. The summed E-state index contributed by atoms with van der Waals surface area (Å²) >= 11 is 3.48. The zero-order valence-corrected chi connectivity index (χ0v) is 14.6. The zero-order valence-electron chi connectivity index (χ0n) is 13.0. The molecular formula is C17H19BrN2O2. The van der Waals surface area contributed by atoms with Gasteiger partial charge in [-0.3, -0.25) is 4.79 Å². The van der Waals surface area contributed by atoms with Crippen molar-refractivity contribution in [3.8, 4) is 11.8 Å². The Morgan fingerprint density at radius 3 is 2.68 bits per heavy atom. The van der Waals surface area contributed by atoms with Crippen LogP contribution in [0.4, 0.5) is 0 Å². The molecule has 1 rings (SSSR count). The van der Waals surface area contributed by atoms with E-state index in [2.05, 4.69) is 22.5 Å². The third kappa shape index (κ3) is 4.47. The van der Waals surface area contributed by atoms with Crippen molar-refractivity contribution in [1.82, 2.24) is 4.90 Å². The minimum Gasteiger partial charge on any atom is -0.492 e. The molecule has 0 fully saturated rings. The number of allylic oxidation sites excluding steroid dienone is 1. The third-order valence-corrected chi connectivity index (χ3v) is 3.45. The first kappa shape index (κ1) is 18.0. The second-order valence-corrected chi connectivity index (χ2v) is 5.64. The van der Waals surface area contributed by atoms with Gasteiger partial charge in [0.15, 0.2) is 0 Å². The van der Waals surface area contributed by atoms with Crippen LogP contribution in [0.25, 0.3) is 6.08 Å². The number of amides is 1. The number of hydrogen-bond acceptors (Lipinski definition) is 3. The molecule has 0 aliphatic heterocycles. The van der Waals surface area contributed by atoms with Crippen molar-refractivity contribution in [2.24, 2.45) is 0 Å². The fourth-order valence-corrected chi connectivity index (χ4v) is 2.55. The highest BCUT2D eigenvalue weighted by atomic mass is 79.9. The van der Waals surface area contributed by atoms with E-state index in [1.807, 2.05) is 25.1 Å². The lowest BCUT2D eigenvalue weighted by Gasteiger charge is -2.13. The predicted octanol–water partition coefficient (Wildman–Crippen LogP) is 3.57. The predicted molar refractivity (Wildman–Crippen MR) is 91.5 cm³/mol. The van der Waals surface area contributed by atoms with E-state index in [-0.39, 0.29) is 11.5 Å². The fraction of sp³-hybridized carbons (Fsp3) is 0.294. The Bertz CT molecular complexity index is 643. The van der Waals surface area contributed by atoms with Crippen LogP contribution in [0.2, 0.25) is 0 Å². The minimum atomic E-state index is -0.322. The average molecular weight is 363 g/mol. The number of rotatable bonds is 6. The Balaban J connectivity index is 3.34. The van der Waals surface area contributed by atoms with E-state index in [4.69, 9.17) is 10.00 Å². The molecular weight excluding hydrogens is 344 g/mol. The van der Waals surface area contributed by atoms with Gasteiger partial charge in [-0.05, 0) is 58.6 Å². The highest BCUT2D eigenvalue weighted by Gasteiger charge is 2.13. The number of ether oxygens (including phenoxy) is 1. The quantitative estimate of drug-likeness (QED) is 0.441. The number of carbonyl (C=O) groups is 1. The maximum Gasteiger partial charge on any atom is 0.264 e. The molecule has 0 saturated heterocycles. The van der Waals surface area contributed by atoms with Crippen LogP contribution >= 0.6 is 15.9 Å². The third-order valence-electron chi connectivity index (χ3n) is 2.86. The van der Waals surface area contributed by atoms with E-state index >= 15 is 0 Å². The van der Waals surface area contributed by atoms with Crippen LogP contribution in [0, 0.1) is 11.3 Å². The fourth-order valence-electron chi connectivity index (χ4n) is 1.92. The summed E-state index contributed by atoms with van der Waals surface area (Å²) in [5.74, 6) is 0.440. The van der Waals surface area contributed by atoms with Crippen LogP contribution in [0.15, 0.2) is 34.8 Å². The summed E-state index contributed by atoms with van der Waals surface area (Å²) in [6.45, 7) is 6.22.